The number of benzene rings is 1. The Bertz CT molecular complexity index is 396. The zero-order valence-corrected chi connectivity index (χ0v) is 9.58. The van der Waals surface area contributed by atoms with Crippen molar-refractivity contribution >= 4 is 17.5 Å². The SMILES string of the molecule is O=C(Cc1ccccc1F)N1CCC(Cl)C1. The summed E-state index contributed by atoms with van der Waals surface area (Å²) in [5.41, 5.74) is 0.450. The Kier molecular flexibility index (Phi) is 3.44. The number of amides is 1. The summed E-state index contributed by atoms with van der Waals surface area (Å²) in [6.45, 7) is 1.26. The first kappa shape index (κ1) is 11.4. The van der Waals surface area contributed by atoms with E-state index in [-0.39, 0.29) is 23.5 Å². The van der Waals surface area contributed by atoms with Crippen molar-refractivity contribution in [3.63, 3.8) is 0 Å². The number of rotatable bonds is 2. The van der Waals surface area contributed by atoms with Crippen LogP contribution in [-0.2, 0) is 11.2 Å². The normalized spacial score (nSPS) is 20.1. The highest BCUT2D eigenvalue weighted by molar-refractivity contribution is 6.21. The molecule has 1 amide bonds. The standard InChI is InChI=1S/C12H13ClFNO/c13-10-5-6-15(8-10)12(16)7-9-3-1-2-4-11(9)14/h1-4,10H,5-8H2. The average molecular weight is 242 g/mol. The Morgan fingerprint density at radius 3 is 2.88 bits per heavy atom. The summed E-state index contributed by atoms with van der Waals surface area (Å²) in [6.07, 6.45) is 0.945. The van der Waals surface area contributed by atoms with Crippen LogP contribution in [0.5, 0.6) is 0 Å². The third-order valence-corrected chi connectivity index (χ3v) is 3.14. The fourth-order valence-corrected chi connectivity index (χ4v) is 2.12. The van der Waals surface area contributed by atoms with Gasteiger partial charge in [-0.15, -0.1) is 11.6 Å². The zero-order valence-electron chi connectivity index (χ0n) is 8.83. The number of hydrogen-bond donors (Lipinski definition) is 0. The first-order valence-electron chi connectivity index (χ1n) is 5.32. The molecule has 1 atom stereocenters. The summed E-state index contributed by atoms with van der Waals surface area (Å²) in [4.78, 5) is 13.5. The van der Waals surface area contributed by atoms with Crippen LogP contribution in [0.1, 0.15) is 12.0 Å². The van der Waals surface area contributed by atoms with Gasteiger partial charge in [0.2, 0.25) is 5.91 Å². The predicted octanol–water partition coefficient (Wildman–Crippen LogP) is 2.21. The molecule has 1 fully saturated rings. The topological polar surface area (TPSA) is 20.3 Å². The second-order valence-electron chi connectivity index (χ2n) is 3.99. The number of halogens is 2. The van der Waals surface area contributed by atoms with Crippen LogP contribution >= 0.6 is 11.6 Å². The van der Waals surface area contributed by atoms with E-state index in [1.165, 1.54) is 6.07 Å². The van der Waals surface area contributed by atoms with Crippen molar-refractivity contribution in [3.8, 4) is 0 Å². The highest BCUT2D eigenvalue weighted by atomic mass is 35.5. The first-order chi connectivity index (χ1) is 7.66. The highest BCUT2D eigenvalue weighted by Gasteiger charge is 2.24. The molecule has 0 radical (unpaired) electrons. The summed E-state index contributed by atoms with van der Waals surface area (Å²) in [7, 11) is 0. The minimum absolute atomic E-state index is 0.0459. The Balaban J connectivity index is 2.00. The van der Waals surface area contributed by atoms with E-state index in [2.05, 4.69) is 0 Å². The van der Waals surface area contributed by atoms with E-state index in [9.17, 15) is 9.18 Å². The van der Waals surface area contributed by atoms with E-state index >= 15 is 0 Å². The number of carbonyl (C=O) groups is 1. The molecule has 1 saturated heterocycles. The molecule has 1 aromatic carbocycles. The molecule has 16 heavy (non-hydrogen) atoms. The summed E-state index contributed by atoms with van der Waals surface area (Å²) >= 11 is 5.92. The first-order valence-corrected chi connectivity index (χ1v) is 5.75. The van der Waals surface area contributed by atoms with Gasteiger partial charge >= 0.3 is 0 Å². The van der Waals surface area contributed by atoms with Gasteiger partial charge in [0.25, 0.3) is 0 Å². The smallest absolute Gasteiger partial charge is 0.227 e. The number of alkyl halides is 1. The van der Waals surface area contributed by atoms with Crippen LogP contribution in [0.2, 0.25) is 0 Å². The summed E-state index contributed by atoms with van der Waals surface area (Å²) in [5.74, 6) is -0.370. The highest BCUT2D eigenvalue weighted by Crippen LogP contribution is 2.16. The minimum atomic E-state index is -0.322. The lowest BCUT2D eigenvalue weighted by atomic mass is 10.1. The summed E-state index contributed by atoms with van der Waals surface area (Å²) in [5, 5.41) is 0.0459. The van der Waals surface area contributed by atoms with E-state index in [1.807, 2.05) is 0 Å². The summed E-state index contributed by atoms with van der Waals surface area (Å²) in [6, 6.07) is 6.37. The largest absolute Gasteiger partial charge is 0.341 e. The van der Waals surface area contributed by atoms with Crippen molar-refractivity contribution in [2.24, 2.45) is 0 Å². The molecule has 1 aliphatic heterocycles. The van der Waals surface area contributed by atoms with E-state index in [0.29, 0.717) is 18.7 Å². The maximum absolute atomic E-state index is 13.3. The monoisotopic (exact) mass is 241 g/mol. The van der Waals surface area contributed by atoms with Crippen molar-refractivity contribution < 1.29 is 9.18 Å². The van der Waals surface area contributed by atoms with E-state index in [4.69, 9.17) is 11.6 Å². The van der Waals surface area contributed by atoms with E-state index in [1.54, 1.807) is 23.1 Å². The molecule has 0 aromatic heterocycles. The molecular weight excluding hydrogens is 229 g/mol. The third-order valence-electron chi connectivity index (χ3n) is 2.78. The molecule has 0 N–H and O–H groups in total. The van der Waals surface area contributed by atoms with Crippen LogP contribution in [0.25, 0.3) is 0 Å². The molecule has 1 heterocycles. The van der Waals surface area contributed by atoms with Gasteiger partial charge in [-0.2, -0.15) is 0 Å². The maximum Gasteiger partial charge on any atom is 0.227 e. The van der Waals surface area contributed by atoms with Gasteiger partial charge < -0.3 is 4.90 Å². The molecule has 0 saturated carbocycles. The fraction of sp³-hybridized carbons (Fsp3) is 0.417. The Hall–Kier alpha value is -1.09. The van der Waals surface area contributed by atoms with Gasteiger partial charge in [-0.25, -0.2) is 4.39 Å². The van der Waals surface area contributed by atoms with Crippen LogP contribution in [0.4, 0.5) is 4.39 Å². The van der Waals surface area contributed by atoms with Crippen molar-refractivity contribution in [3.05, 3.63) is 35.6 Å². The molecule has 1 aromatic rings. The number of carbonyl (C=O) groups excluding carboxylic acids is 1. The van der Waals surface area contributed by atoms with Crippen molar-refractivity contribution in [1.29, 1.82) is 0 Å². The molecule has 2 nitrogen and oxygen atoms in total. The zero-order chi connectivity index (χ0) is 11.5. The molecule has 2 rings (SSSR count). The minimum Gasteiger partial charge on any atom is -0.341 e. The van der Waals surface area contributed by atoms with Crippen molar-refractivity contribution in [2.45, 2.75) is 18.2 Å². The quantitative estimate of drug-likeness (QED) is 0.727. The van der Waals surface area contributed by atoms with Gasteiger partial charge in [0.15, 0.2) is 0 Å². The molecule has 1 aliphatic rings. The van der Waals surface area contributed by atoms with Crippen LogP contribution in [0.15, 0.2) is 24.3 Å². The Labute approximate surface area is 99.0 Å². The van der Waals surface area contributed by atoms with Crippen molar-refractivity contribution in [1.82, 2.24) is 4.90 Å². The maximum atomic E-state index is 13.3. The summed E-state index contributed by atoms with van der Waals surface area (Å²) < 4.78 is 13.3. The number of likely N-dealkylation sites (tertiary alicyclic amines) is 1. The number of nitrogens with zero attached hydrogens (tertiary/aromatic N) is 1. The molecule has 4 heteroatoms. The molecule has 0 spiro atoms. The Morgan fingerprint density at radius 2 is 2.25 bits per heavy atom. The molecular formula is C12H13ClFNO. The third kappa shape index (κ3) is 2.53. The second-order valence-corrected chi connectivity index (χ2v) is 4.61. The molecule has 0 aliphatic carbocycles. The second kappa shape index (κ2) is 4.83. The lowest BCUT2D eigenvalue weighted by molar-refractivity contribution is -0.129. The van der Waals surface area contributed by atoms with Crippen LogP contribution < -0.4 is 0 Å². The van der Waals surface area contributed by atoms with Crippen LogP contribution in [-0.4, -0.2) is 29.3 Å². The lowest BCUT2D eigenvalue weighted by Crippen LogP contribution is -2.30. The van der Waals surface area contributed by atoms with Crippen molar-refractivity contribution in [2.75, 3.05) is 13.1 Å². The number of hydrogen-bond acceptors (Lipinski definition) is 1. The van der Waals surface area contributed by atoms with Gasteiger partial charge in [0, 0.05) is 13.1 Å². The Morgan fingerprint density at radius 1 is 1.50 bits per heavy atom. The van der Waals surface area contributed by atoms with Crippen LogP contribution in [0.3, 0.4) is 0 Å². The fourth-order valence-electron chi connectivity index (χ4n) is 1.86. The van der Waals surface area contributed by atoms with E-state index in [0.717, 1.165) is 6.42 Å². The van der Waals surface area contributed by atoms with E-state index < -0.39 is 0 Å². The van der Waals surface area contributed by atoms with Crippen LogP contribution in [0, 0.1) is 5.82 Å². The molecule has 1 unspecified atom stereocenters. The predicted molar refractivity (Wildman–Crippen MR) is 60.9 cm³/mol. The average Bonchev–Trinajstić information content (AvgIpc) is 2.68. The van der Waals surface area contributed by atoms with Gasteiger partial charge in [-0.3, -0.25) is 4.79 Å². The van der Waals surface area contributed by atoms with Gasteiger partial charge in [0.1, 0.15) is 5.82 Å². The van der Waals surface area contributed by atoms with Gasteiger partial charge in [-0.05, 0) is 18.1 Å². The van der Waals surface area contributed by atoms with Gasteiger partial charge in [-0.1, -0.05) is 18.2 Å². The van der Waals surface area contributed by atoms with Gasteiger partial charge in [0.05, 0.1) is 11.8 Å². The molecule has 86 valence electrons. The lowest BCUT2D eigenvalue weighted by Gasteiger charge is -2.15. The molecule has 0 bridgehead atoms.